The van der Waals surface area contributed by atoms with Gasteiger partial charge < -0.3 is 9.84 Å². The molecule has 1 saturated heterocycles. The van der Waals surface area contributed by atoms with E-state index >= 15 is 0 Å². The topological polar surface area (TPSA) is 46.5 Å². The summed E-state index contributed by atoms with van der Waals surface area (Å²) in [6.07, 6.45) is 1.99. The van der Waals surface area contributed by atoms with Crippen LogP contribution in [0.5, 0.6) is 0 Å². The van der Waals surface area contributed by atoms with Crippen LogP contribution < -0.4 is 0 Å². The van der Waals surface area contributed by atoms with Crippen LogP contribution in [0.2, 0.25) is 0 Å². The van der Waals surface area contributed by atoms with E-state index < -0.39 is 5.97 Å². The Kier molecular flexibility index (Phi) is 2.06. The van der Waals surface area contributed by atoms with E-state index in [1.54, 1.807) is 0 Å². The number of aliphatic carboxylic acids is 1. The molecule has 1 rings (SSSR count). The second-order valence-electron chi connectivity index (χ2n) is 2.32. The minimum Gasteiger partial charge on any atom is -0.478 e. The summed E-state index contributed by atoms with van der Waals surface area (Å²) >= 11 is 0. The first kappa shape index (κ1) is 7.28. The molecule has 0 spiro atoms. The van der Waals surface area contributed by atoms with Gasteiger partial charge in [-0.15, -0.1) is 0 Å². The molecule has 0 aromatic heterocycles. The van der Waals surface area contributed by atoms with Gasteiger partial charge in [0.25, 0.3) is 0 Å². The molecule has 0 saturated carbocycles. The van der Waals surface area contributed by atoms with Crippen LogP contribution in [0.4, 0.5) is 0 Å². The minimum atomic E-state index is -0.882. The van der Waals surface area contributed by atoms with Gasteiger partial charge in [-0.1, -0.05) is 0 Å². The summed E-state index contributed by atoms with van der Waals surface area (Å²) in [5, 5.41) is 8.36. The SMILES string of the molecule is C[C@H]1OCC/C1=C/C(=O)O. The monoisotopic (exact) mass is 142 g/mol. The normalized spacial score (nSPS) is 29.3. The van der Waals surface area contributed by atoms with Crippen molar-refractivity contribution < 1.29 is 14.6 Å². The molecule has 0 amide bonds. The molecule has 1 atom stereocenters. The summed E-state index contributed by atoms with van der Waals surface area (Å²) in [4.78, 5) is 10.2. The summed E-state index contributed by atoms with van der Waals surface area (Å²) in [5.74, 6) is -0.882. The lowest BCUT2D eigenvalue weighted by Crippen LogP contribution is -2.02. The smallest absolute Gasteiger partial charge is 0.328 e. The maximum absolute atomic E-state index is 10.2. The summed E-state index contributed by atoms with van der Waals surface area (Å²) in [6, 6.07) is 0. The van der Waals surface area contributed by atoms with Crippen LogP contribution in [0, 0.1) is 0 Å². The Labute approximate surface area is 59.3 Å². The highest BCUT2D eigenvalue weighted by molar-refractivity contribution is 5.80. The van der Waals surface area contributed by atoms with Crippen LogP contribution in [-0.2, 0) is 9.53 Å². The first-order valence-corrected chi connectivity index (χ1v) is 3.25. The fourth-order valence-corrected chi connectivity index (χ4v) is 1.01. The summed E-state index contributed by atoms with van der Waals surface area (Å²) in [7, 11) is 0. The van der Waals surface area contributed by atoms with Crippen LogP contribution >= 0.6 is 0 Å². The molecule has 1 N–H and O–H groups in total. The third-order valence-electron chi connectivity index (χ3n) is 1.59. The zero-order valence-corrected chi connectivity index (χ0v) is 5.83. The molecule has 0 aromatic rings. The first-order chi connectivity index (χ1) is 4.70. The predicted molar refractivity (Wildman–Crippen MR) is 35.7 cm³/mol. The van der Waals surface area contributed by atoms with Crippen molar-refractivity contribution in [3.8, 4) is 0 Å². The van der Waals surface area contributed by atoms with Crippen molar-refractivity contribution in [2.45, 2.75) is 19.4 Å². The number of carboxylic acids is 1. The number of hydrogen-bond donors (Lipinski definition) is 1. The van der Waals surface area contributed by atoms with E-state index in [1.807, 2.05) is 6.92 Å². The maximum Gasteiger partial charge on any atom is 0.328 e. The third kappa shape index (κ3) is 1.57. The average molecular weight is 142 g/mol. The van der Waals surface area contributed by atoms with E-state index in [-0.39, 0.29) is 6.10 Å². The minimum absolute atomic E-state index is 0.00361. The molecule has 1 fully saturated rings. The predicted octanol–water partition coefficient (Wildman–Crippen LogP) is 0.806. The van der Waals surface area contributed by atoms with Gasteiger partial charge >= 0.3 is 5.97 Å². The summed E-state index contributed by atoms with van der Waals surface area (Å²) in [6.45, 7) is 2.52. The summed E-state index contributed by atoms with van der Waals surface area (Å²) in [5.41, 5.74) is 0.882. The van der Waals surface area contributed by atoms with E-state index in [4.69, 9.17) is 9.84 Å². The molecule has 0 bridgehead atoms. The van der Waals surface area contributed by atoms with E-state index in [2.05, 4.69) is 0 Å². The molecule has 3 nitrogen and oxygen atoms in total. The molecule has 56 valence electrons. The molecule has 10 heavy (non-hydrogen) atoms. The molecular formula is C7H10O3. The van der Waals surface area contributed by atoms with E-state index in [1.165, 1.54) is 6.08 Å². The molecule has 1 aliphatic rings. The van der Waals surface area contributed by atoms with Gasteiger partial charge in [-0.05, 0) is 18.9 Å². The second-order valence-corrected chi connectivity index (χ2v) is 2.32. The van der Waals surface area contributed by atoms with E-state index in [9.17, 15) is 4.79 Å². The first-order valence-electron chi connectivity index (χ1n) is 3.25. The van der Waals surface area contributed by atoms with Crippen molar-refractivity contribution in [3.63, 3.8) is 0 Å². The van der Waals surface area contributed by atoms with Gasteiger partial charge in [0.1, 0.15) is 0 Å². The lowest BCUT2D eigenvalue weighted by atomic mass is 10.1. The molecule has 0 aromatic carbocycles. The van der Waals surface area contributed by atoms with Gasteiger partial charge in [-0.25, -0.2) is 4.79 Å². The van der Waals surface area contributed by atoms with E-state index in [0.29, 0.717) is 6.61 Å². The van der Waals surface area contributed by atoms with Crippen molar-refractivity contribution in [1.29, 1.82) is 0 Å². The highest BCUT2D eigenvalue weighted by Gasteiger charge is 2.16. The largest absolute Gasteiger partial charge is 0.478 e. The van der Waals surface area contributed by atoms with Gasteiger partial charge in [0, 0.05) is 6.08 Å². The van der Waals surface area contributed by atoms with Gasteiger partial charge in [-0.3, -0.25) is 0 Å². The number of rotatable bonds is 1. The quantitative estimate of drug-likeness (QED) is 0.551. The molecule has 0 radical (unpaired) electrons. The lowest BCUT2D eigenvalue weighted by molar-refractivity contribution is -0.131. The highest BCUT2D eigenvalue weighted by Crippen LogP contribution is 2.18. The third-order valence-corrected chi connectivity index (χ3v) is 1.59. The second kappa shape index (κ2) is 2.84. The van der Waals surface area contributed by atoms with Gasteiger partial charge in [-0.2, -0.15) is 0 Å². The standard InChI is InChI=1S/C7H10O3/c1-5-6(2-3-10-5)4-7(8)9/h4-5H,2-3H2,1H3,(H,8,9)/b6-4-/t5-/m1/s1. The Bertz CT molecular complexity index is 172. The number of ether oxygens (including phenoxy) is 1. The molecule has 1 heterocycles. The Morgan fingerprint density at radius 2 is 2.60 bits per heavy atom. The molecule has 0 aliphatic carbocycles. The molecular weight excluding hydrogens is 132 g/mol. The van der Waals surface area contributed by atoms with Crippen LogP contribution in [0.1, 0.15) is 13.3 Å². The fourth-order valence-electron chi connectivity index (χ4n) is 1.01. The van der Waals surface area contributed by atoms with Gasteiger partial charge in [0.05, 0.1) is 12.7 Å². The number of carbonyl (C=O) groups is 1. The van der Waals surface area contributed by atoms with Crippen molar-refractivity contribution in [3.05, 3.63) is 11.6 Å². The fraction of sp³-hybridized carbons (Fsp3) is 0.571. The Morgan fingerprint density at radius 3 is 3.00 bits per heavy atom. The maximum atomic E-state index is 10.2. The average Bonchev–Trinajstić information content (AvgIpc) is 2.15. The van der Waals surface area contributed by atoms with Crippen molar-refractivity contribution >= 4 is 5.97 Å². The Balaban J connectivity index is 2.62. The van der Waals surface area contributed by atoms with Crippen LogP contribution in [0.25, 0.3) is 0 Å². The Hall–Kier alpha value is -0.830. The van der Waals surface area contributed by atoms with Crippen LogP contribution in [-0.4, -0.2) is 23.8 Å². The van der Waals surface area contributed by atoms with Gasteiger partial charge in [0.2, 0.25) is 0 Å². The number of carboxylic acid groups (broad SMARTS) is 1. The van der Waals surface area contributed by atoms with Crippen molar-refractivity contribution in [2.75, 3.05) is 6.61 Å². The van der Waals surface area contributed by atoms with E-state index in [0.717, 1.165) is 12.0 Å². The lowest BCUT2D eigenvalue weighted by Gasteiger charge is -2.00. The zero-order chi connectivity index (χ0) is 7.56. The number of hydrogen-bond acceptors (Lipinski definition) is 2. The molecule has 1 aliphatic heterocycles. The Morgan fingerprint density at radius 1 is 1.90 bits per heavy atom. The van der Waals surface area contributed by atoms with Crippen LogP contribution in [0.3, 0.4) is 0 Å². The van der Waals surface area contributed by atoms with Crippen molar-refractivity contribution in [2.24, 2.45) is 0 Å². The van der Waals surface area contributed by atoms with Crippen molar-refractivity contribution in [1.82, 2.24) is 0 Å². The molecule has 0 unspecified atom stereocenters. The van der Waals surface area contributed by atoms with Gasteiger partial charge in [0.15, 0.2) is 0 Å². The van der Waals surface area contributed by atoms with Crippen LogP contribution in [0.15, 0.2) is 11.6 Å². The molecule has 3 heteroatoms. The summed E-state index contributed by atoms with van der Waals surface area (Å²) < 4.78 is 5.13. The highest BCUT2D eigenvalue weighted by atomic mass is 16.5. The zero-order valence-electron chi connectivity index (χ0n) is 5.83.